The molecule has 0 aliphatic rings. The van der Waals surface area contributed by atoms with Gasteiger partial charge in [0.25, 0.3) is 0 Å². The molecule has 3 aromatic rings. The highest BCUT2D eigenvalue weighted by atomic mass is 35.5. The van der Waals surface area contributed by atoms with Crippen molar-refractivity contribution in [1.82, 2.24) is 9.78 Å². The van der Waals surface area contributed by atoms with Crippen molar-refractivity contribution in [3.05, 3.63) is 75.7 Å². The molecule has 9 heteroatoms. The SMILES string of the molecule is CC(=O)c1ccc(NC(=S)Nc2nn(Cc3c(F)cccc3Cl)cc2Cl)cc1. The number of carbonyl (C=O) groups excluding carboxylic acids is 1. The zero-order chi connectivity index (χ0) is 20.3. The van der Waals surface area contributed by atoms with Gasteiger partial charge in [-0.15, -0.1) is 0 Å². The van der Waals surface area contributed by atoms with Gasteiger partial charge in [0.15, 0.2) is 16.7 Å². The van der Waals surface area contributed by atoms with Crippen LogP contribution in [0.1, 0.15) is 22.8 Å². The lowest BCUT2D eigenvalue weighted by Gasteiger charge is -2.09. The first-order chi connectivity index (χ1) is 13.3. The lowest BCUT2D eigenvalue weighted by Crippen LogP contribution is -2.19. The first-order valence-electron chi connectivity index (χ1n) is 8.18. The molecule has 0 fully saturated rings. The molecule has 5 nitrogen and oxygen atoms in total. The molecule has 3 rings (SSSR count). The van der Waals surface area contributed by atoms with Crippen LogP contribution in [0.4, 0.5) is 15.9 Å². The zero-order valence-corrected chi connectivity index (χ0v) is 17.0. The summed E-state index contributed by atoms with van der Waals surface area (Å²) in [6.45, 7) is 1.63. The second-order valence-corrected chi connectivity index (χ2v) is 7.16. The molecule has 28 heavy (non-hydrogen) atoms. The van der Waals surface area contributed by atoms with Crippen molar-refractivity contribution in [2.24, 2.45) is 0 Å². The van der Waals surface area contributed by atoms with E-state index in [9.17, 15) is 9.18 Å². The van der Waals surface area contributed by atoms with Gasteiger partial charge in [-0.25, -0.2) is 4.39 Å². The number of nitrogens with zero attached hydrogens (tertiary/aromatic N) is 2. The summed E-state index contributed by atoms with van der Waals surface area (Å²) in [6, 6.07) is 11.4. The monoisotopic (exact) mass is 436 g/mol. The van der Waals surface area contributed by atoms with E-state index in [0.29, 0.717) is 32.7 Å². The highest BCUT2D eigenvalue weighted by Gasteiger charge is 2.13. The van der Waals surface area contributed by atoms with E-state index in [0.717, 1.165) is 0 Å². The molecule has 0 unspecified atom stereocenters. The third kappa shape index (κ3) is 4.86. The van der Waals surface area contributed by atoms with Gasteiger partial charge in [-0.05, 0) is 55.5 Å². The summed E-state index contributed by atoms with van der Waals surface area (Å²) in [4.78, 5) is 11.3. The smallest absolute Gasteiger partial charge is 0.176 e. The van der Waals surface area contributed by atoms with Crippen molar-refractivity contribution in [1.29, 1.82) is 0 Å². The van der Waals surface area contributed by atoms with Crippen LogP contribution < -0.4 is 10.6 Å². The molecule has 0 radical (unpaired) electrons. The number of aromatic nitrogens is 2. The van der Waals surface area contributed by atoms with Crippen molar-refractivity contribution in [3.63, 3.8) is 0 Å². The molecule has 0 atom stereocenters. The van der Waals surface area contributed by atoms with Gasteiger partial charge in [-0.2, -0.15) is 5.10 Å². The molecule has 2 N–H and O–H groups in total. The van der Waals surface area contributed by atoms with Gasteiger partial charge in [-0.3, -0.25) is 9.48 Å². The predicted octanol–water partition coefficient (Wildman–Crippen LogP) is 5.39. The van der Waals surface area contributed by atoms with Crippen LogP contribution in [0.15, 0.2) is 48.7 Å². The topological polar surface area (TPSA) is 59.0 Å². The number of carbonyl (C=O) groups is 1. The van der Waals surface area contributed by atoms with Gasteiger partial charge in [-0.1, -0.05) is 29.3 Å². The number of benzene rings is 2. The number of thiocarbonyl (C=S) groups is 1. The maximum atomic E-state index is 13.9. The van der Waals surface area contributed by atoms with E-state index in [2.05, 4.69) is 15.7 Å². The van der Waals surface area contributed by atoms with Gasteiger partial charge in [0.1, 0.15) is 10.8 Å². The van der Waals surface area contributed by atoms with Crippen LogP contribution in [0.5, 0.6) is 0 Å². The van der Waals surface area contributed by atoms with Gasteiger partial charge in [0.2, 0.25) is 0 Å². The Kier molecular flexibility index (Phi) is 6.28. The van der Waals surface area contributed by atoms with Crippen LogP contribution in [0.25, 0.3) is 0 Å². The van der Waals surface area contributed by atoms with Gasteiger partial charge < -0.3 is 10.6 Å². The van der Waals surface area contributed by atoms with Crippen LogP contribution >= 0.6 is 35.4 Å². The van der Waals surface area contributed by atoms with Crippen LogP contribution in [-0.2, 0) is 6.54 Å². The van der Waals surface area contributed by atoms with E-state index in [1.165, 1.54) is 23.7 Å². The number of ketones is 1. The quantitative estimate of drug-likeness (QED) is 0.414. The first-order valence-corrected chi connectivity index (χ1v) is 9.35. The molecule has 0 saturated heterocycles. The van der Waals surface area contributed by atoms with Crippen molar-refractivity contribution < 1.29 is 9.18 Å². The van der Waals surface area contributed by atoms with E-state index >= 15 is 0 Å². The molecule has 0 aliphatic heterocycles. The summed E-state index contributed by atoms with van der Waals surface area (Å²) in [7, 11) is 0. The first kappa shape index (κ1) is 20.3. The number of Topliss-reactive ketones (excluding diaryl/α,β-unsaturated/α-hetero) is 1. The second kappa shape index (κ2) is 8.68. The largest absolute Gasteiger partial charge is 0.332 e. The summed E-state index contributed by atoms with van der Waals surface area (Å²) in [5, 5.41) is 11.1. The fourth-order valence-electron chi connectivity index (χ4n) is 2.47. The van der Waals surface area contributed by atoms with Gasteiger partial charge in [0.05, 0.1) is 6.54 Å². The number of nitrogens with one attached hydrogen (secondary N) is 2. The summed E-state index contributed by atoms with van der Waals surface area (Å²) >= 11 is 17.5. The number of hydrogen-bond donors (Lipinski definition) is 2. The normalized spacial score (nSPS) is 10.6. The standard InChI is InChI=1S/C19H15Cl2FN4OS/c1-11(27)12-5-7-13(8-6-12)23-19(28)24-18-16(21)10-26(25-18)9-14-15(20)3-2-4-17(14)22/h2-8,10H,9H2,1H3,(H2,23,24,25,28). The lowest BCUT2D eigenvalue weighted by atomic mass is 10.1. The Morgan fingerprint density at radius 2 is 1.86 bits per heavy atom. The molecule has 0 spiro atoms. The minimum atomic E-state index is -0.417. The fraction of sp³-hybridized carbons (Fsp3) is 0.105. The van der Waals surface area contributed by atoms with Crippen LogP contribution in [0, 0.1) is 5.82 Å². The molecule has 0 bridgehead atoms. The number of hydrogen-bond acceptors (Lipinski definition) is 3. The molecular formula is C19H15Cl2FN4OS. The Morgan fingerprint density at radius 3 is 2.50 bits per heavy atom. The second-order valence-electron chi connectivity index (χ2n) is 5.94. The highest BCUT2D eigenvalue weighted by molar-refractivity contribution is 7.80. The third-order valence-corrected chi connectivity index (χ3v) is 4.71. The maximum Gasteiger partial charge on any atom is 0.176 e. The Balaban J connectivity index is 1.67. The lowest BCUT2D eigenvalue weighted by molar-refractivity contribution is 0.101. The van der Waals surface area contributed by atoms with E-state index in [1.807, 2.05) is 0 Å². The third-order valence-electron chi connectivity index (χ3n) is 3.88. The molecule has 144 valence electrons. The Labute approximate surface area is 176 Å². The van der Waals surface area contributed by atoms with E-state index < -0.39 is 5.82 Å². The van der Waals surface area contributed by atoms with Crippen molar-refractivity contribution >= 4 is 57.8 Å². The molecular weight excluding hydrogens is 422 g/mol. The minimum Gasteiger partial charge on any atom is -0.332 e. The van der Waals surface area contributed by atoms with Gasteiger partial charge in [0, 0.05) is 28.0 Å². The van der Waals surface area contributed by atoms with Crippen molar-refractivity contribution in [2.75, 3.05) is 10.6 Å². The Morgan fingerprint density at radius 1 is 1.14 bits per heavy atom. The average Bonchev–Trinajstić information content (AvgIpc) is 2.98. The zero-order valence-electron chi connectivity index (χ0n) is 14.7. The number of anilines is 2. The molecule has 1 aromatic heterocycles. The molecule has 1 heterocycles. The van der Waals surface area contributed by atoms with Crippen molar-refractivity contribution in [2.45, 2.75) is 13.5 Å². The average molecular weight is 437 g/mol. The van der Waals surface area contributed by atoms with E-state index in [4.69, 9.17) is 35.4 Å². The minimum absolute atomic E-state index is 0.0143. The number of halogens is 3. The van der Waals surface area contributed by atoms with Crippen LogP contribution in [-0.4, -0.2) is 20.7 Å². The predicted molar refractivity (Wildman–Crippen MR) is 114 cm³/mol. The van der Waals surface area contributed by atoms with Crippen LogP contribution in [0.2, 0.25) is 10.0 Å². The van der Waals surface area contributed by atoms with E-state index in [-0.39, 0.29) is 17.4 Å². The molecule has 0 saturated carbocycles. The molecule has 0 aliphatic carbocycles. The maximum absolute atomic E-state index is 13.9. The highest BCUT2D eigenvalue weighted by Crippen LogP contribution is 2.24. The number of rotatable bonds is 5. The van der Waals surface area contributed by atoms with Crippen LogP contribution in [0.3, 0.4) is 0 Å². The summed E-state index contributed by atoms with van der Waals surface area (Å²) in [6.07, 6.45) is 1.55. The Hall–Kier alpha value is -2.48. The fourth-order valence-corrected chi connectivity index (χ4v) is 3.10. The molecule has 2 aromatic carbocycles. The van der Waals surface area contributed by atoms with E-state index in [1.54, 1.807) is 36.5 Å². The Bertz CT molecular complexity index is 1020. The summed E-state index contributed by atoms with van der Waals surface area (Å²) in [5.74, 6) is -0.105. The van der Waals surface area contributed by atoms with Gasteiger partial charge >= 0.3 is 0 Å². The van der Waals surface area contributed by atoms with Crippen molar-refractivity contribution in [3.8, 4) is 0 Å². The molecule has 0 amide bonds. The summed E-state index contributed by atoms with van der Waals surface area (Å²) in [5.41, 5.74) is 1.63. The summed E-state index contributed by atoms with van der Waals surface area (Å²) < 4.78 is 15.4.